The van der Waals surface area contributed by atoms with Crippen molar-refractivity contribution < 1.29 is 4.39 Å². The van der Waals surface area contributed by atoms with Crippen molar-refractivity contribution >= 4 is 28.6 Å². The summed E-state index contributed by atoms with van der Waals surface area (Å²) in [5.41, 5.74) is 3.23. The van der Waals surface area contributed by atoms with Crippen LogP contribution in [0.5, 0.6) is 0 Å². The summed E-state index contributed by atoms with van der Waals surface area (Å²) in [5.74, 6) is 1.12. The van der Waals surface area contributed by atoms with Crippen molar-refractivity contribution in [2.75, 3.05) is 43.4 Å². The molecule has 3 aromatic rings. The number of nitrogens with zero attached hydrogens (tertiary/aromatic N) is 8. The third kappa shape index (κ3) is 3.28. The van der Waals surface area contributed by atoms with Crippen LogP contribution in [0, 0.1) is 12.8 Å². The number of aromatic nitrogens is 6. The number of hydrogen-bond donors (Lipinski definition) is 1. The lowest BCUT2D eigenvalue weighted by molar-refractivity contribution is 0.299. The van der Waals surface area contributed by atoms with E-state index < -0.39 is 6.17 Å². The number of halogens is 1. The number of fused-ring (bicyclic) bond motifs is 1. The van der Waals surface area contributed by atoms with E-state index in [0.717, 1.165) is 36.5 Å². The van der Waals surface area contributed by atoms with E-state index in [0.29, 0.717) is 36.4 Å². The summed E-state index contributed by atoms with van der Waals surface area (Å²) in [6.07, 6.45) is 4.00. The fourth-order valence-electron chi connectivity index (χ4n) is 4.36. The van der Waals surface area contributed by atoms with Gasteiger partial charge in [-0.2, -0.15) is 15.1 Å². The van der Waals surface area contributed by atoms with Gasteiger partial charge in [-0.25, -0.2) is 9.37 Å². The second kappa shape index (κ2) is 7.19. The highest BCUT2D eigenvalue weighted by Crippen LogP contribution is 2.30. The molecule has 5 heterocycles. The number of nitrogens with one attached hydrogen (secondary N) is 1. The standard InChI is InChI=1S/C20H28FN9/c1-12-7-29(9-15(12)21)20-24-18(17-19(25-20)28(4)11-22-17)23-16-10-30(26-13(16)2)14-5-6-27(3)8-14/h10-12,14-15H,5-9H2,1-4H3,(H,23,24,25)/t12-,14?,15?/m1/s1. The molecule has 2 aliphatic rings. The zero-order valence-electron chi connectivity index (χ0n) is 17.9. The van der Waals surface area contributed by atoms with E-state index in [2.05, 4.69) is 31.9 Å². The van der Waals surface area contributed by atoms with Crippen LogP contribution in [0.3, 0.4) is 0 Å². The molecule has 2 aliphatic heterocycles. The van der Waals surface area contributed by atoms with Crippen LogP contribution in [0.4, 0.5) is 21.8 Å². The molecule has 1 N–H and O–H groups in total. The second-order valence-corrected chi connectivity index (χ2v) is 8.74. The van der Waals surface area contributed by atoms with E-state index in [9.17, 15) is 4.39 Å². The monoisotopic (exact) mass is 413 g/mol. The topological polar surface area (TPSA) is 79.9 Å². The van der Waals surface area contributed by atoms with Gasteiger partial charge in [0, 0.05) is 32.3 Å². The molecule has 0 saturated carbocycles. The van der Waals surface area contributed by atoms with Gasteiger partial charge in [0.25, 0.3) is 0 Å². The largest absolute Gasteiger partial charge is 0.337 e. The lowest BCUT2D eigenvalue weighted by Gasteiger charge is -2.17. The molecule has 0 bridgehead atoms. The predicted molar refractivity (Wildman–Crippen MR) is 114 cm³/mol. The Labute approximate surface area is 174 Å². The van der Waals surface area contributed by atoms with E-state index >= 15 is 0 Å². The summed E-state index contributed by atoms with van der Waals surface area (Å²) < 4.78 is 18.0. The minimum Gasteiger partial charge on any atom is -0.337 e. The molecule has 3 aromatic heterocycles. The van der Waals surface area contributed by atoms with Gasteiger partial charge in [0.15, 0.2) is 17.0 Å². The lowest BCUT2D eigenvalue weighted by Crippen LogP contribution is -2.23. The van der Waals surface area contributed by atoms with Gasteiger partial charge in [-0.1, -0.05) is 6.92 Å². The Kier molecular flexibility index (Phi) is 4.61. The van der Waals surface area contributed by atoms with Crippen LogP contribution in [-0.4, -0.2) is 73.6 Å². The predicted octanol–water partition coefficient (Wildman–Crippen LogP) is 2.28. The molecule has 0 spiro atoms. The van der Waals surface area contributed by atoms with Crippen LogP contribution in [0.1, 0.15) is 25.1 Å². The Morgan fingerprint density at radius 3 is 2.70 bits per heavy atom. The molecular formula is C20H28FN9. The lowest BCUT2D eigenvalue weighted by atomic mass is 10.1. The molecule has 3 atom stereocenters. The van der Waals surface area contributed by atoms with Crippen molar-refractivity contribution in [2.45, 2.75) is 32.5 Å². The van der Waals surface area contributed by atoms with E-state index in [1.807, 2.05) is 36.6 Å². The Balaban J connectivity index is 1.49. The smallest absolute Gasteiger partial charge is 0.229 e. The van der Waals surface area contributed by atoms with Crippen LogP contribution < -0.4 is 10.2 Å². The minimum absolute atomic E-state index is 0.0303. The highest BCUT2D eigenvalue weighted by molar-refractivity contribution is 5.86. The van der Waals surface area contributed by atoms with Crippen LogP contribution in [-0.2, 0) is 7.05 Å². The number of aryl methyl sites for hydroxylation is 2. The maximum atomic E-state index is 14.1. The van der Waals surface area contributed by atoms with E-state index in [1.54, 1.807) is 6.33 Å². The van der Waals surface area contributed by atoms with E-state index in [4.69, 9.17) is 10.1 Å². The maximum Gasteiger partial charge on any atom is 0.229 e. The number of anilines is 3. The first-order valence-electron chi connectivity index (χ1n) is 10.5. The first-order chi connectivity index (χ1) is 14.4. The van der Waals surface area contributed by atoms with Gasteiger partial charge in [0.05, 0.1) is 30.3 Å². The number of likely N-dealkylation sites (tertiary alicyclic amines) is 1. The van der Waals surface area contributed by atoms with Gasteiger partial charge < -0.3 is 19.7 Å². The van der Waals surface area contributed by atoms with E-state index in [-0.39, 0.29) is 5.92 Å². The van der Waals surface area contributed by atoms with Crippen molar-refractivity contribution in [1.29, 1.82) is 0 Å². The number of likely N-dealkylation sites (N-methyl/N-ethyl adjacent to an activating group) is 1. The molecule has 0 aliphatic carbocycles. The second-order valence-electron chi connectivity index (χ2n) is 8.74. The molecule has 10 heteroatoms. The third-order valence-corrected chi connectivity index (χ3v) is 6.26. The normalized spacial score (nSPS) is 25.0. The van der Waals surface area contributed by atoms with Crippen LogP contribution in [0.15, 0.2) is 12.5 Å². The van der Waals surface area contributed by atoms with E-state index in [1.165, 1.54) is 0 Å². The highest BCUT2D eigenvalue weighted by Gasteiger charge is 2.32. The molecule has 9 nitrogen and oxygen atoms in total. The summed E-state index contributed by atoms with van der Waals surface area (Å²) >= 11 is 0. The van der Waals surface area contributed by atoms with Crippen molar-refractivity contribution in [3.8, 4) is 0 Å². The van der Waals surface area contributed by atoms with Crippen molar-refractivity contribution in [3.05, 3.63) is 18.2 Å². The first-order valence-corrected chi connectivity index (χ1v) is 10.5. The molecule has 0 radical (unpaired) electrons. The fourth-order valence-corrected chi connectivity index (χ4v) is 4.36. The third-order valence-electron chi connectivity index (χ3n) is 6.26. The van der Waals surface area contributed by atoms with Crippen LogP contribution >= 0.6 is 0 Å². The summed E-state index contributed by atoms with van der Waals surface area (Å²) in [5, 5.41) is 8.15. The average Bonchev–Trinajstić information content (AvgIpc) is 3.46. The summed E-state index contributed by atoms with van der Waals surface area (Å²) in [4.78, 5) is 18.1. The van der Waals surface area contributed by atoms with Gasteiger partial charge in [-0.3, -0.25) is 4.68 Å². The molecule has 0 aromatic carbocycles. The summed E-state index contributed by atoms with van der Waals surface area (Å²) in [6, 6.07) is 0.382. The molecule has 160 valence electrons. The maximum absolute atomic E-state index is 14.1. The average molecular weight is 414 g/mol. The van der Waals surface area contributed by atoms with Gasteiger partial charge in [-0.15, -0.1) is 0 Å². The van der Waals surface area contributed by atoms with Crippen molar-refractivity contribution in [1.82, 2.24) is 34.2 Å². The Hall–Kier alpha value is -2.75. The highest BCUT2D eigenvalue weighted by atomic mass is 19.1. The molecule has 0 amide bonds. The number of rotatable bonds is 4. The number of alkyl halides is 1. The molecule has 2 fully saturated rings. The van der Waals surface area contributed by atoms with Gasteiger partial charge in [-0.05, 0) is 26.9 Å². The van der Waals surface area contributed by atoms with Gasteiger partial charge >= 0.3 is 0 Å². The first kappa shape index (κ1) is 19.2. The quantitative estimate of drug-likeness (QED) is 0.703. The minimum atomic E-state index is -0.864. The van der Waals surface area contributed by atoms with Gasteiger partial charge in [0.1, 0.15) is 6.17 Å². The number of hydrogen-bond acceptors (Lipinski definition) is 7. The Morgan fingerprint density at radius 2 is 2.00 bits per heavy atom. The molecular weight excluding hydrogens is 385 g/mol. The Morgan fingerprint density at radius 1 is 1.17 bits per heavy atom. The summed E-state index contributed by atoms with van der Waals surface area (Å²) in [7, 11) is 4.04. The van der Waals surface area contributed by atoms with Gasteiger partial charge in [0.2, 0.25) is 5.95 Å². The van der Waals surface area contributed by atoms with Crippen LogP contribution in [0.25, 0.3) is 11.2 Å². The summed E-state index contributed by atoms with van der Waals surface area (Å²) in [6.45, 7) is 6.92. The zero-order valence-corrected chi connectivity index (χ0v) is 17.9. The van der Waals surface area contributed by atoms with Crippen LogP contribution in [0.2, 0.25) is 0 Å². The Bertz CT molecular complexity index is 1060. The van der Waals surface area contributed by atoms with Crippen molar-refractivity contribution in [2.24, 2.45) is 13.0 Å². The molecule has 2 unspecified atom stereocenters. The molecule has 2 saturated heterocycles. The van der Waals surface area contributed by atoms with Crippen molar-refractivity contribution in [3.63, 3.8) is 0 Å². The molecule has 30 heavy (non-hydrogen) atoms. The molecule has 5 rings (SSSR count). The SMILES string of the molecule is Cc1nn(C2CCN(C)C2)cc1Nc1nc(N2CC(F)[C@H](C)C2)nc2c1ncn2C. The fraction of sp³-hybridized carbons (Fsp3) is 0.600. The zero-order chi connectivity index (χ0) is 21.0. The number of imidazole rings is 1.